The standard InChI is InChI=1S/C9H8F3NO/c10-6-2-7(11)8(12)9-5(6)1-4(14)3-13-9/h2,4,13-14H,1,3H2. The minimum Gasteiger partial charge on any atom is -0.391 e. The van der Waals surface area contributed by atoms with Gasteiger partial charge < -0.3 is 10.4 Å². The molecule has 0 radical (unpaired) electrons. The Labute approximate surface area is 78.4 Å². The van der Waals surface area contributed by atoms with Crippen molar-refractivity contribution in [1.29, 1.82) is 0 Å². The molecule has 0 aromatic heterocycles. The van der Waals surface area contributed by atoms with Gasteiger partial charge in [0, 0.05) is 24.6 Å². The lowest BCUT2D eigenvalue weighted by atomic mass is 10.0. The first-order valence-electron chi connectivity index (χ1n) is 4.18. The maximum atomic E-state index is 13.1. The van der Waals surface area contributed by atoms with E-state index in [1.165, 1.54) is 0 Å². The molecule has 0 spiro atoms. The Bertz CT molecular complexity index is 381. The van der Waals surface area contributed by atoms with Crippen LogP contribution in [-0.4, -0.2) is 17.8 Å². The lowest BCUT2D eigenvalue weighted by Crippen LogP contribution is -2.29. The first-order valence-corrected chi connectivity index (χ1v) is 4.18. The van der Waals surface area contributed by atoms with Crippen molar-refractivity contribution >= 4 is 5.69 Å². The molecule has 76 valence electrons. The number of β-amino-alcohol motifs (C(OH)–C–C–N with tert-alkyl or cyclic N) is 1. The number of anilines is 1. The van der Waals surface area contributed by atoms with Gasteiger partial charge in [-0.25, -0.2) is 13.2 Å². The number of hydrogen-bond donors (Lipinski definition) is 2. The summed E-state index contributed by atoms with van der Waals surface area (Å²) < 4.78 is 39.0. The molecule has 0 saturated carbocycles. The molecule has 14 heavy (non-hydrogen) atoms. The van der Waals surface area contributed by atoms with Crippen molar-refractivity contribution in [1.82, 2.24) is 0 Å². The van der Waals surface area contributed by atoms with Gasteiger partial charge in [-0.3, -0.25) is 0 Å². The fourth-order valence-electron chi connectivity index (χ4n) is 1.54. The van der Waals surface area contributed by atoms with Crippen LogP contribution in [0.2, 0.25) is 0 Å². The van der Waals surface area contributed by atoms with E-state index in [4.69, 9.17) is 0 Å². The van der Waals surface area contributed by atoms with Crippen LogP contribution in [0.25, 0.3) is 0 Å². The average molecular weight is 203 g/mol. The highest BCUT2D eigenvalue weighted by Crippen LogP contribution is 2.29. The molecule has 1 unspecified atom stereocenters. The van der Waals surface area contributed by atoms with E-state index >= 15 is 0 Å². The van der Waals surface area contributed by atoms with Crippen molar-refractivity contribution in [3.8, 4) is 0 Å². The highest BCUT2D eigenvalue weighted by atomic mass is 19.2. The molecule has 0 bridgehead atoms. The molecule has 0 amide bonds. The first kappa shape index (κ1) is 9.33. The average Bonchev–Trinajstić information content (AvgIpc) is 2.14. The van der Waals surface area contributed by atoms with Crippen LogP contribution in [0, 0.1) is 17.5 Å². The molecule has 5 heteroatoms. The van der Waals surface area contributed by atoms with Crippen molar-refractivity contribution in [2.45, 2.75) is 12.5 Å². The molecule has 2 N–H and O–H groups in total. The Hall–Kier alpha value is -1.23. The lowest BCUT2D eigenvalue weighted by molar-refractivity contribution is 0.182. The second kappa shape index (κ2) is 3.16. The number of rotatable bonds is 0. The number of aliphatic hydroxyl groups excluding tert-OH is 1. The molecule has 1 aliphatic rings. The topological polar surface area (TPSA) is 32.3 Å². The van der Waals surface area contributed by atoms with E-state index in [2.05, 4.69) is 5.32 Å². The maximum absolute atomic E-state index is 13.1. The van der Waals surface area contributed by atoms with Crippen LogP contribution >= 0.6 is 0 Å². The molecule has 0 fully saturated rings. The fourth-order valence-corrected chi connectivity index (χ4v) is 1.54. The third-order valence-corrected chi connectivity index (χ3v) is 2.23. The number of nitrogens with one attached hydrogen (secondary N) is 1. The van der Waals surface area contributed by atoms with E-state index in [-0.39, 0.29) is 24.2 Å². The van der Waals surface area contributed by atoms with Crippen LogP contribution in [0.1, 0.15) is 5.56 Å². The summed E-state index contributed by atoms with van der Waals surface area (Å²) in [6.07, 6.45) is -0.757. The number of halogens is 3. The number of fused-ring (bicyclic) bond motifs is 1. The highest BCUT2D eigenvalue weighted by Gasteiger charge is 2.24. The van der Waals surface area contributed by atoms with Crippen molar-refractivity contribution in [3.05, 3.63) is 29.1 Å². The maximum Gasteiger partial charge on any atom is 0.182 e. The van der Waals surface area contributed by atoms with Crippen molar-refractivity contribution in [3.63, 3.8) is 0 Å². The highest BCUT2D eigenvalue weighted by molar-refractivity contribution is 5.55. The van der Waals surface area contributed by atoms with Gasteiger partial charge in [-0.05, 0) is 0 Å². The van der Waals surface area contributed by atoms with Crippen LogP contribution < -0.4 is 5.32 Å². The summed E-state index contributed by atoms with van der Waals surface area (Å²) >= 11 is 0. The minimum absolute atomic E-state index is 0.00245. The van der Waals surface area contributed by atoms with Crippen LogP contribution in [-0.2, 0) is 6.42 Å². The molecule has 1 aliphatic heterocycles. The number of hydrogen-bond acceptors (Lipinski definition) is 2. The van der Waals surface area contributed by atoms with Gasteiger partial charge >= 0.3 is 0 Å². The summed E-state index contributed by atoms with van der Waals surface area (Å²) in [5, 5.41) is 11.7. The Balaban J connectivity index is 2.57. The van der Waals surface area contributed by atoms with Crippen molar-refractivity contribution in [2.75, 3.05) is 11.9 Å². The quantitative estimate of drug-likeness (QED) is 0.625. The SMILES string of the molecule is OC1CNc2c(F)c(F)cc(F)c2C1. The van der Waals surface area contributed by atoms with E-state index < -0.39 is 23.6 Å². The van der Waals surface area contributed by atoms with Crippen LogP contribution in [0.5, 0.6) is 0 Å². The smallest absolute Gasteiger partial charge is 0.182 e. The molecule has 1 heterocycles. The molecule has 0 saturated heterocycles. The fraction of sp³-hybridized carbons (Fsp3) is 0.333. The van der Waals surface area contributed by atoms with Gasteiger partial charge in [0.1, 0.15) is 5.82 Å². The lowest BCUT2D eigenvalue weighted by Gasteiger charge is -2.23. The van der Waals surface area contributed by atoms with Crippen LogP contribution in [0.3, 0.4) is 0 Å². The summed E-state index contributed by atoms with van der Waals surface area (Å²) in [7, 11) is 0. The molecule has 1 atom stereocenters. The summed E-state index contributed by atoms with van der Waals surface area (Å²) in [5.41, 5.74) is -0.171. The second-order valence-corrected chi connectivity index (χ2v) is 3.25. The largest absolute Gasteiger partial charge is 0.391 e. The Morgan fingerprint density at radius 1 is 1.29 bits per heavy atom. The molecule has 1 aromatic rings. The van der Waals surface area contributed by atoms with Crippen LogP contribution in [0.4, 0.5) is 18.9 Å². The summed E-state index contributed by atoms with van der Waals surface area (Å²) in [5.74, 6) is -3.14. The second-order valence-electron chi connectivity index (χ2n) is 3.25. The van der Waals surface area contributed by atoms with Gasteiger partial charge in [-0.1, -0.05) is 0 Å². The van der Waals surface area contributed by atoms with Gasteiger partial charge in [-0.2, -0.15) is 0 Å². The van der Waals surface area contributed by atoms with E-state index in [0.29, 0.717) is 6.07 Å². The van der Waals surface area contributed by atoms with E-state index in [1.807, 2.05) is 0 Å². The van der Waals surface area contributed by atoms with Gasteiger partial charge in [0.2, 0.25) is 0 Å². The van der Waals surface area contributed by atoms with E-state index in [0.717, 1.165) is 0 Å². The third-order valence-electron chi connectivity index (χ3n) is 2.23. The molecular weight excluding hydrogens is 195 g/mol. The minimum atomic E-state index is -1.22. The predicted molar refractivity (Wildman–Crippen MR) is 44.5 cm³/mol. The molecule has 2 rings (SSSR count). The zero-order chi connectivity index (χ0) is 10.3. The Morgan fingerprint density at radius 2 is 2.00 bits per heavy atom. The van der Waals surface area contributed by atoms with E-state index in [9.17, 15) is 18.3 Å². The van der Waals surface area contributed by atoms with Crippen LogP contribution in [0.15, 0.2) is 6.07 Å². The van der Waals surface area contributed by atoms with Gasteiger partial charge in [0.15, 0.2) is 11.6 Å². The summed E-state index contributed by atoms with van der Waals surface area (Å²) in [6.45, 7) is 0.104. The Morgan fingerprint density at radius 3 is 2.71 bits per heavy atom. The normalized spacial score (nSPS) is 20.1. The monoisotopic (exact) mass is 203 g/mol. The van der Waals surface area contributed by atoms with Gasteiger partial charge in [-0.15, -0.1) is 0 Å². The predicted octanol–water partition coefficient (Wildman–Crippen LogP) is 1.43. The molecular formula is C9H8F3NO. The zero-order valence-electron chi connectivity index (χ0n) is 7.15. The molecule has 2 nitrogen and oxygen atoms in total. The van der Waals surface area contributed by atoms with E-state index in [1.54, 1.807) is 0 Å². The molecule has 1 aromatic carbocycles. The number of aliphatic hydroxyl groups is 1. The third kappa shape index (κ3) is 1.33. The first-order chi connectivity index (χ1) is 6.59. The molecule has 0 aliphatic carbocycles. The summed E-state index contributed by atoms with van der Waals surface area (Å²) in [4.78, 5) is 0. The van der Waals surface area contributed by atoms with Crippen molar-refractivity contribution < 1.29 is 18.3 Å². The number of benzene rings is 1. The Kier molecular flexibility index (Phi) is 2.11. The van der Waals surface area contributed by atoms with Gasteiger partial charge in [0.25, 0.3) is 0 Å². The zero-order valence-corrected chi connectivity index (χ0v) is 7.15. The van der Waals surface area contributed by atoms with Crippen molar-refractivity contribution in [2.24, 2.45) is 0 Å². The summed E-state index contributed by atoms with van der Waals surface area (Å²) in [6, 6.07) is 0.494. The van der Waals surface area contributed by atoms with Gasteiger partial charge in [0.05, 0.1) is 11.8 Å².